The second kappa shape index (κ2) is 5.94. The molecule has 1 fully saturated rings. The Morgan fingerprint density at radius 2 is 2.22 bits per heavy atom. The van der Waals surface area contributed by atoms with Gasteiger partial charge >= 0.3 is 0 Å². The number of anilines is 1. The van der Waals surface area contributed by atoms with Crippen LogP contribution in [-0.4, -0.2) is 25.7 Å². The Morgan fingerprint density at radius 3 is 2.89 bits per heavy atom. The predicted octanol–water partition coefficient (Wildman–Crippen LogP) is 3.47. The molecule has 0 amide bonds. The van der Waals surface area contributed by atoms with E-state index in [0.717, 1.165) is 24.7 Å². The Labute approximate surface area is 115 Å². The molecule has 2 unspecified atom stereocenters. The van der Waals surface area contributed by atoms with E-state index in [1.807, 2.05) is 6.07 Å². The van der Waals surface area contributed by atoms with Crippen molar-refractivity contribution < 1.29 is 0 Å². The number of aryl methyl sites for hydroxylation is 1. The van der Waals surface area contributed by atoms with Crippen LogP contribution in [0.1, 0.15) is 25.8 Å². The van der Waals surface area contributed by atoms with Crippen molar-refractivity contribution in [3.05, 3.63) is 28.8 Å². The van der Waals surface area contributed by atoms with Gasteiger partial charge in [-0.15, -0.1) is 0 Å². The lowest BCUT2D eigenvalue weighted by Gasteiger charge is -2.39. The molecule has 1 saturated heterocycles. The second-order valence-electron chi connectivity index (χ2n) is 5.33. The molecule has 0 spiro atoms. The Morgan fingerprint density at radius 1 is 1.44 bits per heavy atom. The van der Waals surface area contributed by atoms with Crippen LogP contribution in [-0.2, 0) is 0 Å². The van der Waals surface area contributed by atoms with E-state index in [4.69, 9.17) is 11.6 Å². The van der Waals surface area contributed by atoms with E-state index in [1.54, 1.807) is 0 Å². The van der Waals surface area contributed by atoms with Crippen LogP contribution in [0.25, 0.3) is 0 Å². The molecule has 1 heterocycles. The molecule has 1 N–H and O–H groups in total. The van der Waals surface area contributed by atoms with Crippen molar-refractivity contribution in [1.29, 1.82) is 0 Å². The van der Waals surface area contributed by atoms with Gasteiger partial charge in [-0.05, 0) is 43.5 Å². The number of nitrogens with one attached hydrogen (secondary N) is 1. The zero-order valence-electron chi connectivity index (χ0n) is 11.5. The van der Waals surface area contributed by atoms with Crippen molar-refractivity contribution in [2.45, 2.75) is 33.2 Å². The highest BCUT2D eigenvalue weighted by Crippen LogP contribution is 2.30. The molecule has 0 bridgehead atoms. The molecule has 0 saturated carbocycles. The van der Waals surface area contributed by atoms with Gasteiger partial charge in [0.25, 0.3) is 0 Å². The van der Waals surface area contributed by atoms with Crippen LogP contribution in [0.4, 0.5) is 5.69 Å². The first kappa shape index (κ1) is 13.7. The van der Waals surface area contributed by atoms with E-state index in [9.17, 15) is 0 Å². The molecule has 1 aliphatic rings. The van der Waals surface area contributed by atoms with Gasteiger partial charge in [-0.3, -0.25) is 0 Å². The highest BCUT2D eigenvalue weighted by molar-refractivity contribution is 6.33. The molecule has 100 valence electrons. The quantitative estimate of drug-likeness (QED) is 0.901. The maximum atomic E-state index is 6.32. The minimum absolute atomic E-state index is 0.648. The number of hydrogen-bond acceptors (Lipinski definition) is 2. The number of hydrogen-bond donors (Lipinski definition) is 1. The topological polar surface area (TPSA) is 15.3 Å². The monoisotopic (exact) mass is 266 g/mol. The summed E-state index contributed by atoms with van der Waals surface area (Å²) in [5, 5.41) is 4.44. The van der Waals surface area contributed by atoms with Gasteiger partial charge in [0.2, 0.25) is 0 Å². The molecule has 1 aromatic rings. The lowest BCUT2D eigenvalue weighted by molar-refractivity contribution is 0.327. The minimum atomic E-state index is 0.648. The van der Waals surface area contributed by atoms with Crippen LogP contribution < -0.4 is 10.2 Å². The summed E-state index contributed by atoms with van der Waals surface area (Å²) in [4.78, 5) is 2.42. The lowest BCUT2D eigenvalue weighted by Crippen LogP contribution is -2.48. The summed E-state index contributed by atoms with van der Waals surface area (Å²) < 4.78 is 0. The average molecular weight is 267 g/mol. The first-order valence-electron chi connectivity index (χ1n) is 6.86. The first-order chi connectivity index (χ1) is 8.61. The van der Waals surface area contributed by atoms with E-state index in [1.165, 1.54) is 17.7 Å². The van der Waals surface area contributed by atoms with Crippen molar-refractivity contribution >= 4 is 17.3 Å². The zero-order valence-corrected chi connectivity index (χ0v) is 12.3. The molecule has 2 atom stereocenters. The first-order valence-corrected chi connectivity index (χ1v) is 7.24. The summed E-state index contributed by atoms with van der Waals surface area (Å²) in [6.45, 7) is 9.85. The van der Waals surface area contributed by atoms with Crippen molar-refractivity contribution in [3.8, 4) is 0 Å². The van der Waals surface area contributed by atoms with Gasteiger partial charge in [0, 0.05) is 19.1 Å². The maximum absolute atomic E-state index is 6.32. The van der Waals surface area contributed by atoms with E-state index < -0.39 is 0 Å². The van der Waals surface area contributed by atoms with Crippen molar-refractivity contribution in [2.75, 3.05) is 24.5 Å². The number of benzene rings is 1. The standard InChI is InChI=1S/C15H23ClN2/c1-4-17-14-7-8-18(10-12(14)3)15-9-11(2)5-6-13(15)16/h5-6,9,12,14,17H,4,7-8,10H2,1-3H3. The van der Waals surface area contributed by atoms with Gasteiger partial charge < -0.3 is 10.2 Å². The van der Waals surface area contributed by atoms with Gasteiger partial charge in [-0.2, -0.15) is 0 Å². The highest BCUT2D eigenvalue weighted by Gasteiger charge is 2.26. The Balaban J connectivity index is 2.10. The summed E-state index contributed by atoms with van der Waals surface area (Å²) in [7, 11) is 0. The van der Waals surface area contributed by atoms with Crippen LogP contribution in [0.2, 0.25) is 5.02 Å². The van der Waals surface area contributed by atoms with Crippen molar-refractivity contribution in [2.24, 2.45) is 5.92 Å². The molecule has 1 aliphatic heterocycles. The molecule has 0 radical (unpaired) electrons. The number of nitrogens with zero attached hydrogens (tertiary/aromatic N) is 1. The van der Waals surface area contributed by atoms with Gasteiger partial charge in [0.15, 0.2) is 0 Å². The lowest BCUT2D eigenvalue weighted by atomic mass is 9.93. The van der Waals surface area contributed by atoms with Crippen molar-refractivity contribution in [1.82, 2.24) is 5.32 Å². The van der Waals surface area contributed by atoms with E-state index in [2.05, 4.69) is 43.1 Å². The number of halogens is 1. The van der Waals surface area contributed by atoms with Gasteiger partial charge in [-0.25, -0.2) is 0 Å². The smallest absolute Gasteiger partial charge is 0.0639 e. The van der Waals surface area contributed by atoms with Crippen LogP contribution in [0.5, 0.6) is 0 Å². The largest absolute Gasteiger partial charge is 0.370 e. The molecule has 3 heteroatoms. The average Bonchev–Trinajstić information content (AvgIpc) is 2.35. The maximum Gasteiger partial charge on any atom is 0.0639 e. The molecule has 1 aromatic carbocycles. The molecule has 0 aliphatic carbocycles. The summed E-state index contributed by atoms with van der Waals surface area (Å²) in [5.41, 5.74) is 2.47. The third kappa shape index (κ3) is 2.99. The zero-order chi connectivity index (χ0) is 13.1. The van der Waals surface area contributed by atoms with Crippen LogP contribution in [0, 0.1) is 12.8 Å². The summed E-state index contributed by atoms with van der Waals surface area (Å²) in [6, 6.07) is 6.92. The highest BCUT2D eigenvalue weighted by atomic mass is 35.5. The molecular formula is C15H23ClN2. The van der Waals surface area contributed by atoms with E-state index >= 15 is 0 Å². The summed E-state index contributed by atoms with van der Waals surface area (Å²) >= 11 is 6.32. The fraction of sp³-hybridized carbons (Fsp3) is 0.600. The van der Waals surface area contributed by atoms with Crippen LogP contribution in [0.3, 0.4) is 0 Å². The van der Waals surface area contributed by atoms with Crippen LogP contribution >= 0.6 is 11.6 Å². The SMILES string of the molecule is CCNC1CCN(c2cc(C)ccc2Cl)CC1C. The Kier molecular flexibility index (Phi) is 4.52. The normalized spacial score (nSPS) is 24.3. The number of rotatable bonds is 3. The number of piperidine rings is 1. The molecule has 0 aromatic heterocycles. The molecule has 2 rings (SSSR count). The fourth-order valence-electron chi connectivity index (χ4n) is 2.79. The minimum Gasteiger partial charge on any atom is -0.370 e. The van der Waals surface area contributed by atoms with Crippen LogP contribution in [0.15, 0.2) is 18.2 Å². The summed E-state index contributed by atoms with van der Waals surface area (Å²) in [6.07, 6.45) is 1.19. The molecule has 18 heavy (non-hydrogen) atoms. The van der Waals surface area contributed by atoms with Crippen molar-refractivity contribution in [3.63, 3.8) is 0 Å². The van der Waals surface area contributed by atoms with Gasteiger partial charge in [0.1, 0.15) is 0 Å². The summed E-state index contributed by atoms with van der Waals surface area (Å²) in [5.74, 6) is 0.662. The molecular weight excluding hydrogens is 244 g/mol. The second-order valence-corrected chi connectivity index (χ2v) is 5.74. The van der Waals surface area contributed by atoms with Gasteiger partial charge in [0.05, 0.1) is 10.7 Å². The van der Waals surface area contributed by atoms with E-state index in [0.29, 0.717) is 12.0 Å². The van der Waals surface area contributed by atoms with Gasteiger partial charge in [-0.1, -0.05) is 31.5 Å². The molecule has 2 nitrogen and oxygen atoms in total. The Hall–Kier alpha value is -0.730. The predicted molar refractivity (Wildman–Crippen MR) is 79.6 cm³/mol. The fourth-order valence-corrected chi connectivity index (χ4v) is 3.03. The third-order valence-electron chi connectivity index (χ3n) is 3.81. The van der Waals surface area contributed by atoms with E-state index in [-0.39, 0.29) is 0 Å². The third-order valence-corrected chi connectivity index (χ3v) is 4.13. The Bertz CT molecular complexity index is 405.